The first-order chi connectivity index (χ1) is 8.10. The van der Waals surface area contributed by atoms with Crippen molar-refractivity contribution in [2.45, 2.75) is 27.2 Å². The predicted molar refractivity (Wildman–Crippen MR) is 71.5 cm³/mol. The lowest BCUT2D eigenvalue weighted by molar-refractivity contribution is 0.422. The zero-order valence-electron chi connectivity index (χ0n) is 11.2. The molecule has 0 spiro atoms. The molecule has 1 N–H and O–H groups in total. The van der Waals surface area contributed by atoms with Crippen LogP contribution >= 0.6 is 0 Å². The van der Waals surface area contributed by atoms with Gasteiger partial charge in [-0.05, 0) is 25.2 Å². The molecule has 4 nitrogen and oxygen atoms in total. The second-order valence-electron chi connectivity index (χ2n) is 5.15. The third kappa shape index (κ3) is 2.68. The molecule has 1 aliphatic rings. The monoisotopic (exact) mass is 234 g/mol. The second kappa shape index (κ2) is 4.90. The van der Waals surface area contributed by atoms with E-state index >= 15 is 0 Å². The highest BCUT2D eigenvalue weighted by Crippen LogP contribution is 2.27. The van der Waals surface area contributed by atoms with Crippen LogP contribution in [0.15, 0.2) is 6.07 Å². The highest BCUT2D eigenvalue weighted by atomic mass is 15.2. The molecular formula is C13H22N4. The third-order valence-electron chi connectivity index (χ3n) is 3.57. The molecule has 2 heterocycles. The van der Waals surface area contributed by atoms with Gasteiger partial charge in [0.2, 0.25) is 0 Å². The zero-order chi connectivity index (χ0) is 12.4. The Bertz CT molecular complexity index is 389. The standard InChI is InChI=1S/C13H22N4/c1-9(2)11-5-6-17(8-11)13-7-12(14-4)15-10(3)16-13/h7,9,11H,5-6,8H2,1-4H3,(H,14,15,16). The minimum atomic E-state index is 0.756. The molecule has 0 aliphatic carbocycles. The van der Waals surface area contributed by atoms with Crippen LogP contribution in [0.25, 0.3) is 0 Å². The second-order valence-corrected chi connectivity index (χ2v) is 5.15. The maximum absolute atomic E-state index is 4.53. The van der Waals surface area contributed by atoms with Crippen molar-refractivity contribution in [1.29, 1.82) is 0 Å². The predicted octanol–water partition coefficient (Wildman–Crippen LogP) is 2.31. The molecule has 94 valence electrons. The number of rotatable bonds is 3. The van der Waals surface area contributed by atoms with Gasteiger partial charge in [-0.1, -0.05) is 13.8 Å². The summed E-state index contributed by atoms with van der Waals surface area (Å²) in [6, 6.07) is 2.04. The van der Waals surface area contributed by atoms with Crippen LogP contribution in [0.2, 0.25) is 0 Å². The van der Waals surface area contributed by atoms with Crippen molar-refractivity contribution in [3.63, 3.8) is 0 Å². The molecule has 1 saturated heterocycles. The van der Waals surface area contributed by atoms with E-state index in [9.17, 15) is 0 Å². The van der Waals surface area contributed by atoms with E-state index in [1.807, 2.05) is 20.0 Å². The van der Waals surface area contributed by atoms with Crippen molar-refractivity contribution in [2.24, 2.45) is 11.8 Å². The Labute approximate surface area is 103 Å². The highest BCUT2D eigenvalue weighted by Gasteiger charge is 2.25. The van der Waals surface area contributed by atoms with Crippen LogP contribution in [0.1, 0.15) is 26.1 Å². The van der Waals surface area contributed by atoms with Crippen molar-refractivity contribution < 1.29 is 0 Å². The maximum atomic E-state index is 4.53. The summed E-state index contributed by atoms with van der Waals surface area (Å²) >= 11 is 0. The lowest BCUT2D eigenvalue weighted by Crippen LogP contribution is -2.22. The fraction of sp³-hybridized carbons (Fsp3) is 0.692. The fourth-order valence-corrected chi connectivity index (χ4v) is 2.38. The van der Waals surface area contributed by atoms with E-state index in [2.05, 4.69) is 34.0 Å². The van der Waals surface area contributed by atoms with Crippen LogP contribution in [-0.2, 0) is 0 Å². The van der Waals surface area contributed by atoms with Gasteiger partial charge in [0, 0.05) is 26.2 Å². The Kier molecular flexibility index (Phi) is 3.50. The first kappa shape index (κ1) is 12.1. The van der Waals surface area contributed by atoms with Crippen molar-refractivity contribution in [2.75, 3.05) is 30.4 Å². The lowest BCUT2D eigenvalue weighted by atomic mass is 9.95. The fourth-order valence-electron chi connectivity index (χ4n) is 2.38. The van der Waals surface area contributed by atoms with Gasteiger partial charge >= 0.3 is 0 Å². The number of nitrogens with zero attached hydrogens (tertiary/aromatic N) is 3. The quantitative estimate of drug-likeness (QED) is 0.871. The summed E-state index contributed by atoms with van der Waals surface area (Å²) in [5.74, 6) is 4.35. The van der Waals surface area contributed by atoms with Crippen LogP contribution < -0.4 is 10.2 Å². The van der Waals surface area contributed by atoms with Crippen molar-refractivity contribution in [3.8, 4) is 0 Å². The van der Waals surface area contributed by atoms with E-state index in [1.54, 1.807) is 0 Å². The van der Waals surface area contributed by atoms with Crippen LogP contribution in [-0.4, -0.2) is 30.1 Å². The Morgan fingerprint density at radius 2 is 2.18 bits per heavy atom. The van der Waals surface area contributed by atoms with Crippen molar-refractivity contribution in [1.82, 2.24) is 9.97 Å². The van der Waals surface area contributed by atoms with Crippen LogP contribution in [0, 0.1) is 18.8 Å². The van der Waals surface area contributed by atoms with Gasteiger partial charge in [0.25, 0.3) is 0 Å². The molecule has 1 aliphatic heterocycles. The first-order valence-electron chi connectivity index (χ1n) is 6.38. The SMILES string of the molecule is CNc1cc(N2CCC(C(C)C)C2)nc(C)n1. The molecule has 17 heavy (non-hydrogen) atoms. The minimum absolute atomic E-state index is 0.756. The molecule has 1 unspecified atom stereocenters. The van der Waals surface area contributed by atoms with Crippen LogP contribution in [0.3, 0.4) is 0 Å². The van der Waals surface area contributed by atoms with Crippen molar-refractivity contribution in [3.05, 3.63) is 11.9 Å². The molecule has 1 aromatic rings. The summed E-state index contributed by atoms with van der Waals surface area (Å²) in [5.41, 5.74) is 0. The lowest BCUT2D eigenvalue weighted by Gasteiger charge is -2.19. The normalized spacial score (nSPS) is 20.1. The number of aromatic nitrogens is 2. The zero-order valence-corrected chi connectivity index (χ0v) is 11.2. The van der Waals surface area contributed by atoms with E-state index in [1.165, 1.54) is 6.42 Å². The van der Waals surface area contributed by atoms with Gasteiger partial charge in [-0.2, -0.15) is 0 Å². The average Bonchev–Trinajstić information content (AvgIpc) is 2.77. The maximum Gasteiger partial charge on any atom is 0.134 e. The van der Waals surface area contributed by atoms with Gasteiger partial charge in [0.15, 0.2) is 0 Å². The number of hydrogen-bond acceptors (Lipinski definition) is 4. The van der Waals surface area contributed by atoms with Gasteiger partial charge in [0.1, 0.15) is 17.5 Å². The van der Waals surface area contributed by atoms with E-state index in [-0.39, 0.29) is 0 Å². The number of hydrogen-bond donors (Lipinski definition) is 1. The van der Waals surface area contributed by atoms with Gasteiger partial charge in [-0.25, -0.2) is 9.97 Å². The summed E-state index contributed by atoms with van der Waals surface area (Å²) in [4.78, 5) is 11.2. The van der Waals surface area contributed by atoms with E-state index in [4.69, 9.17) is 0 Å². The molecule has 1 aromatic heterocycles. The molecular weight excluding hydrogens is 212 g/mol. The summed E-state index contributed by atoms with van der Waals surface area (Å²) in [5, 5.41) is 3.09. The molecule has 1 atom stereocenters. The first-order valence-corrected chi connectivity index (χ1v) is 6.38. The summed E-state index contributed by atoms with van der Waals surface area (Å²) in [7, 11) is 1.90. The Hall–Kier alpha value is -1.32. The number of nitrogens with one attached hydrogen (secondary N) is 1. The molecule has 0 amide bonds. The van der Waals surface area contributed by atoms with Gasteiger partial charge in [-0.15, -0.1) is 0 Å². The Morgan fingerprint density at radius 1 is 1.41 bits per heavy atom. The third-order valence-corrected chi connectivity index (χ3v) is 3.57. The Morgan fingerprint density at radius 3 is 2.76 bits per heavy atom. The molecule has 1 fully saturated rings. The van der Waals surface area contributed by atoms with E-state index < -0.39 is 0 Å². The highest BCUT2D eigenvalue weighted by molar-refractivity contribution is 5.49. The van der Waals surface area contributed by atoms with Gasteiger partial charge < -0.3 is 10.2 Å². The smallest absolute Gasteiger partial charge is 0.134 e. The molecule has 2 rings (SSSR count). The summed E-state index contributed by atoms with van der Waals surface area (Å²) < 4.78 is 0. The van der Waals surface area contributed by atoms with Gasteiger partial charge in [-0.3, -0.25) is 0 Å². The summed E-state index contributed by atoms with van der Waals surface area (Å²) in [6.07, 6.45) is 1.27. The van der Waals surface area contributed by atoms with Crippen molar-refractivity contribution >= 4 is 11.6 Å². The van der Waals surface area contributed by atoms with E-state index in [0.29, 0.717) is 0 Å². The minimum Gasteiger partial charge on any atom is -0.373 e. The van der Waals surface area contributed by atoms with Crippen LogP contribution in [0.4, 0.5) is 11.6 Å². The van der Waals surface area contributed by atoms with E-state index in [0.717, 1.165) is 42.4 Å². The topological polar surface area (TPSA) is 41.0 Å². The largest absolute Gasteiger partial charge is 0.373 e. The van der Waals surface area contributed by atoms with Crippen LogP contribution in [0.5, 0.6) is 0 Å². The summed E-state index contributed by atoms with van der Waals surface area (Å²) in [6.45, 7) is 8.79. The average molecular weight is 234 g/mol. The Balaban J connectivity index is 2.15. The number of aryl methyl sites for hydroxylation is 1. The molecule has 0 radical (unpaired) electrons. The molecule has 4 heteroatoms. The van der Waals surface area contributed by atoms with Gasteiger partial charge in [0.05, 0.1) is 0 Å². The molecule has 0 bridgehead atoms. The number of anilines is 2. The molecule has 0 saturated carbocycles. The molecule has 0 aromatic carbocycles.